The first-order chi connectivity index (χ1) is 6.18. The van der Waals surface area contributed by atoms with Crippen LogP contribution in [0.4, 0.5) is 4.39 Å². The van der Waals surface area contributed by atoms with E-state index in [4.69, 9.17) is 0 Å². The number of halogens is 1. The Morgan fingerprint density at radius 3 is 2.92 bits per heavy atom. The molecule has 13 heavy (non-hydrogen) atoms. The molecule has 1 aromatic carbocycles. The van der Waals surface area contributed by atoms with Gasteiger partial charge in [0.2, 0.25) is 0 Å². The zero-order valence-electron chi connectivity index (χ0n) is 7.84. The van der Waals surface area contributed by atoms with Crippen LogP contribution in [0.15, 0.2) is 24.4 Å². The van der Waals surface area contributed by atoms with Gasteiger partial charge in [0, 0.05) is 25.4 Å². The minimum absolute atomic E-state index is 0.112. The highest BCUT2D eigenvalue weighted by Crippen LogP contribution is 2.27. The van der Waals surface area contributed by atoms with Crippen molar-refractivity contribution in [3.8, 4) is 0 Å². The van der Waals surface area contributed by atoms with Crippen LogP contribution in [0.1, 0.15) is 18.1 Å². The largest absolute Gasteiger partial charge is 0.376 e. The van der Waals surface area contributed by atoms with Crippen LogP contribution in [0, 0.1) is 5.82 Å². The van der Waals surface area contributed by atoms with E-state index in [0.717, 1.165) is 23.2 Å². The van der Waals surface area contributed by atoms with Crippen LogP contribution in [0.2, 0.25) is 0 Å². The molecule has 1 aliphatic rings. The smallest absolute Gasteiger partial charge is 0.131 e. The van der Waals surface area contributed by atoms with Crippen LogP contribution >= 0.6 is 0 Å². The summed E-state index contributed by atoms with van der Waals surface area (Å²) in [5, 5.41) is 0. The van der Waals surface area contributed by atoms with Crippen LogP contribution in [0.5, 0.6) is 0 Å². The number of rotatable bonds is 0. The summed E-state index contributed by atoms with van der Waals surface area (Å²) >= 11 is 0. The van der Waals surface area contributed by atoms with E-state index in [9.17, 15) is 4.39 Å². The molecule has 1 aliphatic heterocycles. The number of hydrogen-bond acceptors (Lipinski definition) is 1. The van der Waals surface area contributed by atoms with Gasteiger partial charge in [-0.1, -0.05) is 12.1 Å². The third kappa shape index (κ3) is 1.32. The van der Waals surface area contributed by atoms with Crippen molar-refractivity contribution in [2.45, 2.75) is 13.5 Å². The van der Waals surface area contributed by atoms with E-state index in [-0.39, 0.29) is 5.82 Å². The molecule has 0 bridgehead atoms. The Morgan fingerprint density at radius 1 is 1.38 bits per heavy atom. The first-order valence-electron chi connectivity index (χ1n) is 4.35. The quantitative estimate of drug-likeness (QED) is 0.588. The van der Waals surface area contributed by atoms with Crippen LogP contribution in [-0.2, 0) is 6.54 Å². The molecule has 0 saturated heterocycles. The minimum atomic E-state index is -0.112. The van der Waals surface area contributed by atoms with Crippen LogP contribution in [-0.4, -0.2) is 11.9 Å². The van der Waals surface area contributed by atoms with E-state index in [1.54, 1.807) is 6.07 Å². The summed E-state index contributed by atoms with van der Waals surface area (Å²) in [5.74, 6) is -0.112. The van der Waals surface area contributed by atoms with Crippen molar-refractivity contribution in [1.29, 1.82) is 0 Å². The Balaban J connectivity index is 2.60. The van der Waals surface area contributed by atoms with Gasteiger partial charge in [0.25, 0.3) is 0 Å². The van der Waals surface area contributed by atoms with Crippen molar-refractivity contribution in [3.05, 3.63) is 41.3 Å². The monoisotopic (exact) mass is 177 g/mol. The van der Waals surface area contributed by atoms with Gasteiger partial charge in [0.15, 0.2) is 0 Å². The Bertz CT molecular complexity index is 368. The Hall–Kier alpha value is -1.31. The Labute approximate surface area is 77.5 Å². The highest BCUT2D eigenvalue weighted by Gasteiger charge is 2.15. The molecule has 1 nitrogen and oxygen atoms in total. The van der Waals surface area contributed by atoms with Gasteiger partial charge in [-0.3, -0.25) is 0 Å². The van der Waals surface area contributed by atoms with Gasteiger partial charge in [0.05, 0.1) is 0 Å². The molecular formula is C11H12FN. The Kier molecular flexibility index (Phi) is 1.83. The maximum absolute atomic E-state index is 13.4. The summed E-state index contributed by atoms with van der Waals surface area (Å²) in [6.45, 7) is 2.74. The van der Waals surface area contributed by atoms with Crippen molar-refractivity contribution in [2.75, 3.05) is 7.05 Å². The van der Waals surface area contributed by atoms with Gasteiger partial charge in [-0.25, -0.2) is 4.39 Å². The van der Waals surface area contributed by atoms with E-state index >= 15 is 0 Å². The summed E-state index contributed by atoms with van der Waals surface area (Å²) in [6, 6.07) is 5.26. The molecule has 0 spiro atoms. The molecule has 0 atom stereocenters. The van der Waals surface area contributed by atoms with Crippen molar-refractivity contribution in [2.24, 2.45) is 0 Å². The number of allylic oxidation sites excluding steroid dienone is 1. The molecule has 0 unspecified atom stereocenters. The maximum atomic E-state index is 13.4. The first kappa shape index (κ1) is 8.30. The molecule has 0 aromatic heterocycles. The van der Waals surface area contributed by atoms with Crippen molar-refractivity contribution in [3.63, 3.8) is 0 Å². The topological polar surface area (TPSA) is 3.24 Å². The molecule has 0 radical (unpaired) electrons. The van der Waals surface area contributed by atoms with Gasteiger partial charge < -0.3 is 4.90 Å². The SMILES string of the molecule is CC1=CN(C)Cc2cccc(F)c21. The van der Waals surface area contributed by atoms with E-state index in [1.165, 1.54) is 6.07 Å². The fourth-order valence-electron chi connectivity index (χ4n) is 1.85. The van der Waals surface area contributed by atoms with Crippen molar-refractivity contribution in [1.82, 2.24) is 4.90 Å². The fourth-order valence-corrected chi connectivity index (χ4v) is 1.85. The first-order valence-corrected chi connectivity index (χ1v) is 4.35. The predicted octanol–water partition coefficient (Wildman–Crippen LogP) is 2.63. The van der Waals surface area contributed by atoms with Gasteiger partial charge in [0.1, 0.15) is 5.82 Å². The number of fused-ring (bicyclic) bond motifs is 1. The van der Waals surface area contributed by atoms with Gasteiger partial charge in [-0.05, 0) is 24.1 Å². The zero-order chi connectivity index (χ0) is 9.42. The highest BCUT2D eigenvalue weighted by molar-refractivity contribution is 5.68. The number of hydrogen-bond donors (Lipinski definition) is 0. The third-order valence-corrected chi connectivity index (χ3v) is 2.33. The molecule has 0 N–H and O–H groups in total. The highest BCUT2D eigenvalue weighted by atomic mass is 19.1. The molecule has 2 heteroatoms. The molecule has 1 aromatic rings. The van der Waals surface area contributed by atoms with Gasteiger partial charge >= 0.3 is 0 Å². The molecule has 0 amide bonds. The molecule has 2 rings (SSSR count). The average molecular weight is 177 g/mol. The Morgan fingerprint density at radius 2 is 2.15 bits per heavy atom. The molecule has 0 fully saturated rings. The fraction of sp³-hybridized carbons (Fsp3) is 0.273. The second kappa shape index (κ2) is 2.87. The van der Waals surface area contributed by atoms with Crippen LogP contribution in [0.3, 0.4) is 0 Å². The van der Waals surface area contributed by atoms with Crippen LogP contribution in [0.25, 0.3) is 5.57 Å². The predicted molar refractivity (Wildman–Crippen MR) is 51.5 cm³/mol. The normalized spacial score (nSPS) is 15.3. The lowest BCUT2D eigenvalue weighted by Gasteiger charge is -2.24. The molecular weight excluding hydrogens is 165 g/mol. The van der Waals surface area contributed by atoms with E-state index in [0.29, 0.717) is 0 Å². The summed E-state index contributed by atoms with van der Waals surface area (Å²) in [7, 11) is 2.00. The average Bonchev–Trinajstić information content (AvgIpc) is 2.02. The standard InChI is InChI=1S/C11H12FN/c1-8-6-13(2)7-9-4-3-5-10(12)11(8)9/h3-6H,7H2,1-2H3. The number of nitrogens with zero attached hydrogens (tertiary/aromatic N) is 1. The molecule has 68 valence electrons. The lowest BCUT2D eigenvalue weighted by Crippen LogP contribution is -2.17. The van der Waals surface area contributed by atoms with Gasteiger partial charge in [-0.2, -0.15) is 0 Å². The summed E-state index contributed by atoms with van der Waals surface area (Å²) in [4.78, 5) is 2.07. The second-order valence-electron chi connectivity index (χ2n) is 3.50. The number of benzene rings is 1. The van der Waals surface area contributed by atoms with Crippen LogP contribution < -0.4 is 0 Å². The lowest BCUT2D eigenvalue weighted by molar-refractivity contribution is 0.442. The van der Waals surface area contributed by atoms with Gasteiger partial charge in [-0.15, -0.1) is 0 Å². The van der Waals surface area contributed by atoms with E-state index < -0.39 is 0 Å². The van der Waals surface area contributed by atoms with Crippen molar-refractivity contribution < 1.29 is 4.39 Å². The third-order valence-electron chi connectivity index (χ3n) is 2.33. The zero-order valence-corrected chi connectivity index (χ0v) is 7.84. The minimum Gasteiger partial charge on any atom is -0.376 e. The molecule has 0 aliphatic carbocycles. The maximum Gasteiger partial charge on any atom is 0.131 e. The summed E-state index contributed by atoms with van der Waals surface area (Å²) in [6.07, 6.45) is 1.98. The molecule has 0 saturated carbocycles. The molecule has 1 heterocycles. The summed E-state index contributed by atoms with van der Waals surface area (Å²) < 4.78 is 13.4. The lowest BCUT2D eigenvalue weighted by atomic mass is 9.98. The second-order valence-corrected chi connectivity index (χ2v) is 3.50. The van der Waals surface area contributed by atoms with Crippen molar-refractivity contribution >= 4 is 5.57 Å². The summed E-state index contributed by atoms with van der Waals surface area (Å²) in [5.41, 5.74) is 2.85. The van der Waals surface area contributed by atoms with E-state index in [1.807, 2.05) is 26.2 Å². The van der Waals surface area contributed by atoms with E-state index in [2.05, 4.69) is 4.90 Å².